The maximum Gasteiger partial charge on any atom is 0.488 e. The molecular formula is C10H15BO3. The average Bonchev–Trinajstić information content (AvgIpc) is 2.19. The zero-order chi connectivity index (χ0) is 10.4. The minimum Gasteiger partial charge on any atom is -0.423 e. The minimum atomic E-state index is -1.40. The standard InChI is InChI=1S/C10H15BO3/c1-2-6-14-8-9-4-3-5-10(7-9)11(12)13/h3-5,7,12-13H,2,6,8H2,1H3. The van der Waals surface area contributed by atoms with Gasteiger partial charge < -0.3 is 14.8 Å². The summed E-state index contributed by atoms with van der Waals surface area (Å²) in [7, 11) is -1.40. The summed E-state index contributed by atoms with van der Waals surface area (Å²) in [4.78, 5) is 0. The van der Waals surface area contributed by atoms with Gasteiger partial charge in [-0.05, 0) is 17.4 Å². The zero-order valence-electron chi connectivity index (χ0n) is 8.31. The van der Waals surface area contributed by atoms with E-state index in [9.17, 15) is 0 Å². The lowest BCUT2D eigenvalue weighted by Gasteiger charge is -2.05. The summed E-state index contributed by atoms with van der Waals surface area (Å²) in [5.41, 5.74) is 1.46. The summed E-state index contributed by atoms with van der Waals surface area (Å²) >= 11 is 0. The Bertz CT molecular complexity index is 276. The number of hydrogen-bond acceptors (Lipinski definition) is 3. The van der Waals surface area contributed by atoms with E-state index in [2.05, 4.69) is 0 Å². The van der Waals surface area contributed by atoms with Gasteiger partial charge in [0.1, 0.15) is 0 Å². The van der Waals surface area contributed by atoms with Gasteiger partial charge in [0, 0.05) is 6.61 Å². The summed E-state index contributed by atoms with van der Waals surface area (Å²) in [6.45, 7) is 3.30. The van der Waals surface area contributed by atoms with Crippen LogP contribution in [0.2, 0.25) is 0 Å². The van der Waals surface area contributed by atoms with Crippen molar-refractivity contribution in [2.24, 2.45) is 0 Å². The molecule has 0 fully saturated rings. The van der Waals surface area contributed by atoms with E-state index in [4.69, 9.17) is 14.8 Å². The van der Waals surface area contributed by atoms with E-state index in [0.717, 1.165) is 18.6 Å². The normalized spacial score (nSPS) is 10.2. The first-order valence-corrected chi connectivity index (χ1v) is 4.76. The molecule has 0 atom stereocenters. The van der Waals surface area contributed by atoms with Crippen LogP contribution >= 0.6 is 0 Å². The summed E-state index contributed by atoms with van der Waals surface area (Å²) in [5, 5.41) is 17.9. The highest BCUT2D eigenvalue weighted by Gasteiger charge is 2.10. The first-order valence-electron chi connectivity index (χ1n) is 4.76. The SMILES string of the molecule is CCCOCc1cccc(B(O)O)c1. The Balaban J connectivity index is 2.55. The molecule has 0 aliphatic carbocycles. The van der Waals surface area contributed by atoms with E-state index < -0.39 is 7.12 Å². The Labute approximate surface area is 84.5 Å². The largest absolute Gasteiger partial charge is 0.488 e. The minimum absolute atomic E-state index is 0.502. The second kappa shape index (κ2) is 5.80. The van der Waals surface area contributed by atoms with Crippen LogP contribution in [0.15, 0.2) is 24.3 Å². The lowest BCUT2D eigenvalue weighted by molar-refractivity contribution is 0.121. The average molecular weight is 194 g/mol. The number of ether oxygens (including phenoxy) is 1. The number of hydrogen-bond donors (Lipinski definition) is 2. The van der Waals surface area contributed by atoms with Crippen molar-refractivity contribution in [3.05, 3.63) is 29.8 Å². The van der Waals surface area contributed by atoms with Gasteiger partial charge in [0.25, 0.3) is 0 Å². The fourth-order valence-corrected chi connectivity index (χ4v) is 1.18. The van der Waals surface area contributed by atoms with Gasteiger partial charge in [0.05, 0.1) is 6.61 Å². The molecule has 14 heavy (non-hydrogen) atoms. The van der Waals surface area contributed by atoms with Crippen molar-refractivity contribution < 1.29 is 14.8 Å². The summed E-state index contributed by atoms with van der Waals surface area (Å²) < 4.78 is 5.34. The van der Waals surface area contributed by atoms with Gasteiger partial charge in [0.15, 0.2) is 0 Å². The number of rotatable bonds is 5. The van der Waals surface area contributed by atoms with Crippen LogP contribution in [0.25, 0.3) is 0 Å². The van der Waals surface area contributed by atoms with Crippen molar-refractivity contribution in [1.29, 1.82) is 0 Å². The van der Waals surface area contributed by atoms with Crippen LogP contribution in [0.5, 0.6) is 0 Å². The molecule has 0 heterocycles. The molecule has 0 bridgehead atoms. The Morgan fingerprint density at radius 3 is 2.79 bits per heavy atom. The molecule has 0 unspecified atom stereocenters. The first-order chi connectivity index (χ1) is 6.74. The van der Waals surface area contributed by atoms with E-state index in [1.807, 2.05) is 13.0 Å². The van der Waals surface area contributed by atoms with Crippen molar-refractivity contribution in [1.82, 2.24) is 0 Å². The highest BCUT2D eigenvalue weighted by molar-refractivity contribution is 6.58. The van der Waals surface area contributed by atoms with E-state index in [-0.39, 0.29) is 0 Å². The van der Waals surface area contributed by atoms with Gasteiger partial charge in [-0.25, -0.2) is 0 Å². The van der Waals surface area contributed by atoms with E-state index in [1.165, 1.54) is 0 Å². The van der Waals surface area contributed by atoms with Gasteiger partial charge in [-0.3, -0.25) is 0 Å². The van der Waals surface area contributed by atoms with Crippen molar-refractivity contribution in [3.8, 4) is 0 Å². The predicted molar refractivity (Wildman–Crippen MR) is 56.2 cm³/mol. The molecule has 0 saturated heterocycles. The first kappa shape index (κ1) is 11.2. The molecule has 0 spiro atoms. The highest BCUT2D eigenvalue weighted by Crippen LogP contribution is 2.00. The van der Waals surface area contributed by atoms with Crippen LogP contribution in [0.3, 0.4) is 0 Å². The summed E-state index contributed by atoms with van der Waals surface area (Å²) in [6.07, 6.45) is 0.988. The Morgan fingerprint density at radius 2 is 2.14 bits per heavy atom. The van der Waals surface area contributed by atoms with Crippen molar-refractivity contribution in [2.75, 3.05) is 6.61 Å². The smallest absolute Gasteiger partial charge is 0.423 e. The zero-order valence-corrected chi connectivity index (χ0v) is 8.31. The van der Waals surface area contributed by atoms with E-state index in [1.54, 1.807) is 18.2 Å². The molecule has 4 heteroatoms. The summed E-state index contributed by atoms with van der Waals surface area (Å²) in [6, 6.07) is 7.11. The van der Waals surface area contributed by atoms with E-state index in [0.29, 0.717) is 12.1 Å². The molecule has 0 radical (unpaired) electrons. The van der Waals surface area contributed by atoms with Crippen LogP contribution in [0.1, 0.15) is 18.9 Å². The van der Waals surface area contributed by atoms with Gasteiger partial charge in [0.2, 0.25) is 0 Å². The van der Waals surface area contributed by atoms with Crippen molar-refractivity contribution >= 4 is 12.6 Å². The van der Waals surface area contributed by atoms with Crippen LogP contribution < -0.4 is 5.46 Å². The Hall–Kier alpha value is -0.835. The highest BCUT2D eigenvalue weighted by atomic mass is 16.5. The van der Waals surface area contributed by atoms with Crippen LogP contribution in [-0.4, -0.2) is 23.8 Å². The quantitative estimate of drug-likeness (QED) is 0.523. The topological polar surface area (TPSA) is 49.7 Å². The Kier molecular flexibility index (Phi) is 4.66. The van der Waals surface area contributed by atoms with Gasteiger partial charge in [-0.1, -0.05) is 31.2 Å². The van der Waals surface area contributed by atoms with Crippen LogP contribution in [0, 0.1) is 0 Å². The van der Waals surface area contributed by atoms with Crippen molar-refractivity contribution in [2.45, 2.75) is 20.0 Å². The third-order valence-electron chi connectivity index (χ3n) is 1.87. The molecule has 2 N–H and O–H groups in total. The van der Waals surface area contributed by atoms with Gasteiger partial charge >= 0.3 is 7.12 Å². The molecule has 76 valence electrons. The third kappa shape index (κ3) is 3.50. The van der Waals surface area contributed by atoms with Gasteiger partial charge in [-0.2, -0.15) is 0 Å². The molecule has 3 nitrogen and oxygen atoms in total. The lowest BCUT2D eigenvalue weighted by Crippen LogP contribution is -2.29. The molecular weight excluding hydrogens is 179 g/mol. The molecule has 0 aromatic heterocycles. The third-order valence-corrected chi connectivity index (χ3v) is 1.87. The molecule has 1 aromatic rings. The molecule has 0 aliphatic heterocycles. The molecule has 1 aromatic carbocycles. The predicted octanol–water partition coefficient (Wildman–Crippen LogP) is 0.293. The van der Waals surface area contributed by atoms with E-state index >= 15 is 0 Å². The second-order valence-corrected chi connectivity index (χ2v) is 3.17. The van der Waals surface area contributed by atoms with Crippen molar-refractivity contribution in [3.63, 3.8) is 0 Å². The summed E-state index contributed by atoms with van der Waals surface area (Å²) in [5.74, 6) is 0. The van der Waals surface area contributed by atoms with Crippen LogP contribution in [-0.2, 0) is 11.3 Å². The lowest BCUT2D eigenvalue weighted by atomic mass is 9.80. The fraction of sp³-hybridized carbons (Fsp3) is 0.400. The number of benzene rings is 1. The molecule has 0 aliphatic rings. The Morgan fingerprint density at radius 1 is 1.36 bits per heavy atom. The monoisotopic (exact) mass is 194 g/mol. The maximum atomic E-state index is 8.93. The fourth-order valence-electron chi connectivity index (χ4n) is 1.18. The van der Waals surface area contributed by atoms with Crippen LogP contribution in [0.4, 0.5) is 0 Å². The molecule has 1 rings (SSSR count). The second-order valence-electron chi connectivity index (χ2n) is 3.17. The molecule has 0 saturated carbocycles. The van der Waals surface area contributed by atoms with Gasteiger partial charge in [-0.15, -0.1) is 0 Å². The maximum absolute atomic E-state index is 8.93. The molecule has 0 amide bonds.